The summed E-state index contributed by atoms with van der Waals surface area (Å²) in [5, 5.41) is 0. The predicted octanol–water partition coefficient (Wildman–Crippen LogP) is 2.04. The molecule has 0 amide bonds. The van der Waals surface area contributed by atoms with Gasteiger partial charge in [0.2, 0.25) is 0 Å². The Morgan fingerprint density at radius 1 is 1.40 bits per heavy atom. The minimum Gasteiger partial charge on any atom is -0.344 e. The SMILES string of the molecule is N.N.SSCl. The average Bonchev–Trinajstić information content (AvgIpc) is 0.918. The largest absolute Gasteiger partial charge is 0.344 e. The van der Waals surface area contributed by atoms with E-state index < -0.39 is 0 Å². The summed E-state index contributed by atoms with van der Waals surface area (Å²) < 4.78 is 0. The van der Waals surface area contributed by atoms with Crippen molar-refractivity contribution < 1.29 is 0 Å². The van der Waals surface area contributed by atoms with Crippen molar-refractivity contribution in [3.8, 4) is 0 Å². The van der Waals surface area contributed by atoms with Crippen molar-refractivity contribution in [3.63, 3.8) is 0 Å². The van der Waals surface area contributed by atoms with E-state index in [1.54, 1.807) is 0 Å². The Bertz CT molecular complexity index is 7.61. The Hall–Kier alpha value is 0.910. The quantitative estimate of drug-likeness (QED) is 0.351. The zero-order valence-electron chi connectivity index (χ0n) is 2.65. The van der Waals surface area contributed by atoms with Crippen LogP contribution >= 0.6 is 32.4 Å². The second-order valence-electron chi connectivity index (χ2n) is 0.0690. The number of thiol groups is 1. The van der Waals surface area contributed by atoms with Crippen molar-refractivity contribution in [2.45, 2.75) is 0 Å². The Labute approximate surface area is 45.1 Å². The molecule has 0 unspecified atom stereocenters. The maximum Gasteiger partial charge on any atom is 0.0103 e. The van der Waals surface area contributed by atoms with Gasteiger partial charge >= 0.3 is 0 Å². The first-order valence-corrected chi connectivity index (χ1v) is 3.03. The van der Waals surface area contributed by atoms with Crippen LogP contribution in [-0.2, 0) is 0 Å². The lowest BCUT2D eigenvalue weighted by Crippen LogP contribution is -0.755. The van der Waals surface area contributed by atoms with Gasteiger partial charge in [-0.05, 0) is 10.7 Å². The molecule has 0 aromatic heterocycles. The van der Waals surface area contributed by atoms with Crippen LogP contribution in [0.5, 0.6) is 0 Å². The lowest BCUT2D eigenvalue weighted by atomic mass is 14.0. The van der Waals surface area contributed by atoms with Crippen molar-refractivity contribution in [1.82, 2.24) is 12.3 Å². The van der Waals surface area contributed by atoms with E-state index in [2.05, 4.69) is 11.7 Å². The van der Waals surface area contributed by atoms with Gasteiger partial charge in [0.05, 0.1) is 0 Å². The molecule has 0 aliphatic heterocycles. The third-order valence-corrected chi connectivity index (χ3v) is 0. The fraction of sp³-hybridized carbons (Fsp3) is 0. The van der Waals surface area contributed by atoms with E-state index >= 15 is 0 Å². The first kappa shape index (κ1) is 16.8. The molecule has 36 valence electrons. The molecule has 0 aliphatic rings. The summed E-state index contributed by atoms with van der Waals surface area (Å²) in [5.74, 6) is 0. The third kappa shape index (κ3) is 50.2. The highest BCUT2D eigenvalue weighted by Gasteiger charge is 1.39. The van der Waals surface area contributed by atoms with Gasteiger partial charge in [0.1, 0.15) is 0 Å². The summed E-state index contributed by atoms with van der Waals surface area (Å²) in [5.41, 5.74) is 0. The summed E-state index contributed by atoms with van der Waals surface area (Å²) in [6, 6.07) is 0. The zero-order valence-corrected chi connectivity index (χ0v) is 5.11. The van der Waals surface area contributed by atoms with Gasteiger partial charge in [0.15, 0.2) is 0 Å². The summed E-state index contributed by atoms with van der Waals surface area (Å²) in [6.07, 6.45) is 0. The summed E-state index contributed by atoms with van der Waals surface area (Å²) in [7, 11) is 5.70. The minimum atomic E-state index is 0. The molecule has 0 radical (unpaired) electrons. The maximum atomic E-state index is 4.78. The van der Waals surface area contributed by atoms with E-state index in [0.717, 1.165) is 10.0 Å². The third-order valence-electron chi connectivity index (χ3n) is 0. The molecule has 5 heteroatoms. The molecule has 0 aliphatic carbocycles. The highest BCUT2D eigenvalue weighted by molar-refractivity contribution is 8.78. The fourth-order valence-electron chi connectivity index (χ4n) is 0. The predicted molar refractivity (Wildman–Crippen MR) is 32.5 cm³/mol. The van der Waals surface area contributed by atoms with Crippen LogP contribution < -0.4 is 12.3 Å². The first-order chi connectivity index (χ1) is 1.41. The van der Waals surface area contributed by atoms with Crippen molar-refractivity contribution in [2.75, 3.05) is 0 Å². The van der Waals surface area contributed by atoms with Crippen molar-refractivity contribution in [1.29, 1.82) is 0 Å². The molecule has 5 heavy (non-hydrogen) atoms. The maximum absolute atomic E-state index is 4.78. The standard InChI is InChI=1S/ClHS2.2H3N/c1-3-2;;/h2H;2*1H3. The first-order valence-electron chi connectivity index (χ1n) is 0.337. The lowest BCUT2D eigenvalue weighted by Gasteiger charge is -1.44. The highest BCUT2D eigenvalue weighted by Crippen LogP contribution is 2.07. The summed E-state index contributed by atoms with van der Waals surface area (Å²) >= 11 is 3.47. The van der Waals surface area contributed by atoms with Crippen molar-refractivity contribution >= 4 is 32.4 Å². The molecule has 0 fully saturated rings. The molecule has 0 rings (SSSR count). The topological polar surface area (TPSA) is 70.0 Å². The van der Waals surface area contributed by atoms with Crippen LogP contribution in [0.3, 0.4) is 0 Å². The minimum absolute atomic E-state index is 0. The van der Waals surface area contributed by atoms with Crippen LogP contribution in [-0.4, -0.2) is 0 Å². The summed E-state index contributed by atoms with van der Waals surface area (Å²) in [6.45, 7) is 0. The smallest absolute Gasteiger partial charge is 0.0103 e. The van der Waals surface area contributed by atoms with Crippen LogP contribution in [0.2, 0.25) is 0 Å². The van der Waals surface area contributed by atoms with E-state index in [0.29, 0.717) is 0 Å². The van der Waals surface area contributed by atoms with E-state index in [4.69, 9.17) is 10.7 Å². The molecule has 0 heterocycles. The second kappa shape index (κ2) is 20.6. The Kier molecular flexibility index (Phi) is 69.2. The van der Waals surface area contributed by atoms with E-state index in [1.165, 1.54) is 0 Å². The molecule has 0 saturated carbocycles. The fourth-order valence-corrected chi connectivity index (χ4v) is 0. The zero-order chi connectivity index (χ0) is 2.71. The van der Waals surface area contributed by atoms with Gasteiger partial charge in [-0.1, -0.05) is 11.7 Å². The molecule has 0 bridgehead atoms. The molecule has 0 spiro atoms. The normalized spacial score (nSPS) is 3.60. The molecule has 0 aromatic rings. The van der Waals surface area contributed by atoms with Gasteiger partial charge in [0, 0.05) is 10.0 Å². The van der Waals surface area contributed by atoms with Gasteiger partial charge in [-0.3, -0.25) is 0 Å². The van der Waals surface area contributed by atoms with Gasteiger partial charge < -0.3 is 12.3 Å². The van der Waals surface area contributed by atoms with Gasteiger partial charge in [0.25, 0.3) is 0 Å². The lowest BCUT2D eigenvalue weighted by molar-refractivity contribution is 2.13. The summed E-state index contributed by atoms with van der Waals surface area (Å²) in [4.78, 5) is 0. The number of hydrogen-bond acceptors (Lipinski definition) is 4. The van der Waals surface area contributed by atoms with Crippen LogP contribution in [0, 0.1) is 0 Å². The van der Waals surface area contributed by atoms with E-state index in [9.17, 15) is 0 Å². The molecule has 0 atom stereocenters. The Morgan fingerprint density at radius 3 is 1.40 bits per heavy atom. The van der Waals surface area contributed by atoms with Gasteiger partial charge in [-0.2, -0.15) is 0 Å². The van der Waals surface area contributed by atoms with Gasteiger partial charge in [-0.25, -0.2) is 0 Å². The average molecular weight is 135 g/mol. The Balaban J connectivity index is -0.0000000200. The molecule has 0 saturated heterocycles. The Morgan fingerprint density at radius 2 is 1.40 bits per heavy atom. The van der Waals surface area contributed by atoms with Crippen molar-refractivity contribution in [3.05, 3.63) is 0 Å². The van der Waals surface area contributed by atoms with Crippen molar-refractivity contribution in [2.24, 2.45) is 0 Å². The second-order valence-corrected chi connectivity index (χ2v) is 1.86. The molecule has 2 nitrogen and oxygen atoms in total. The molecular formula is H7ClN2S2. The highest BCUT2D eigenvalue weighted by atomic mass is 35.7. The van der Waals surface area contributed by atoms with Crippen LogP contribution in [0.1, 0.15) is 0 Å². The molecule has 6 N–H and O–H groups in total. The monoisotopic (exact) mass is 134 g/mol. The number of rotatable bonds is 0. The van der Waals surface area contributed by atoms with Crippen LogP contribution in [0.15, 0.2) is 0 Å². The van der Waals surface area contributed by atoms with Gasteiger partial charge in [-0.15, -0.1) is 0 Å². The van der Waals surface area contributed by atoms with E-state index in [1.807, 2.05) is 0 Å². The number of halogens is 1. The van der Waals surface area contributed by atoms with Crippen LogP contribution in [0.4, 0.5) is 0 Å². The molecular weight excluding hydrogens is 128 g/mol. The number of hydrogen-bond donors (Lipinski definition) is 3. The van der Waals surface area contributed by atoms with E-state index in [-0.39, 0.29) is 12.3 Å². The van der Waals surface area contributed by atoms with Crippen LogP contribution in [0.25, 0.3) is 0 Å². The molecule has 0 aromatic carbocycles.